The summed E-state index contributed by atoms with van der Waals surface area (Å²) in [5, 5.41) is 24.4. The van der Waals surface area contributed by atoms with Gasteiger partial charge in [-0.15, -0.1) is 11.8 Å². The van der Waals surface area contributed by atoms with Crippen molar-refractivity contribution in [2.75, 3.05) is 24.7 Å². The van der Waals surface area contributed by atoms with Gasteiger partial charge in [0.1, 0.15) is 65.5 Å². The Hall–Kier alpha value is 0.160. The van der Waals surface area contributed by atoms with Gasteiger partial charge in [-0.3, -0.25) is 13.7 Å². The van der Waals surface area contributed by atoms with Crippen LogP contribution in [0.5, 0.6) is 0 Å². The van der Waals surface area contributed by atoms with E-state index in [1.165, 1.54) is 23.5 Å². The fourth-order valence-electron chi connectivity index (χ4n) is 6.21. The van der Waals surface area contributed by atoms with E-state index in [1.54, 1.807) is 16.3 Å². The second-order valence-electron chi connectivity index (χ2n) is 11.2. The molecule has 49 heavy (non-hydrogen) atoms. The minimum Gasteiger partial charge on any atom is -0.660 e. The van der Waals surface area contributed by atoms with E-state index >= 15 is 0 Å². The van der Waals surface area contributed by atoms with Crippen molar-refractivity contribution >= 4 is 77.9 Å². The standard InChI is InChI=1S/C24H28N8O10P2S3.2Na/c25-19-14-21(28-7-26-19)32(9-30-14)24-18-15(33)11(39-24)5-37-43(35,45)41-17-12(6-38-44(36,46)42-18)40-23(16(17)34)31-4-10-2-1-3-47-22-13(10)20(31)27-8-29-22;;/h4,7-9,11-12,15-18,23-24,33-34H,1-3,5-6H2,(H,35,45)(H,36,46)(H2,25,26,28);;/q;2*+1/p-2/t11-,12-,15-,16-,17-,18-,23-,24-,43?,44?;;/m1../s1. The van der Waals surface area contributed by atoms with Crippen LogP contribution >= 0.6 is 25.4 Å². The summed E-state index contributed by atoms with van der Waals surface area (Å²) in [6.45, 7) is -9.86. The predicted molar refractivity (Wildman–Crippen MR) is 168 cm³/mol. The Morgan fingerprint density at radius 1 is 0.857 bits per heavy atom. The summed E-state index contributed by atoms with van der Waals surface area (Å²) in [5.41, 5.74) is 7.92. The first kappa shape index (κ1) is 38.9. The zero-order chi connectivity index (χ0) is 32.7. The number of rotatable bonds is 2. The molecule has 18 nitrogen and oxygen atoms in total. The van der Waals surface area contributed by atoms with Gasteiger partial charge in [-0.25, -0.2) is 24.9 Å². The molecule has 0 saturated carbocycles. The van der Waals surface area contributed by atoms with E-state index in [1.807, 2.05) is 6.20 Å². The Labute approximate surface area is 337 Å². The molecule has 4 N–H and O–H groups in total. The molecule has 2 unspecified atom stereocenters. The molecular weight excluding hydrogens is 764 g/mol. The summed E-state index contributed by atoms with van der Waals surface area (Å²) in [4.78, 5) is 21.2. The number of imidazole rings is 1. The molecular formula is C24H26N8Na2O10P2S3. The van der Waals surface area contributed by atoms with Crippen molar-refractivity contribution in [2.24, 2.45) is 0 Å². The molecule has 0 spiro atoms. The topological polar surface area (TPSA) is 230 Å². The molecule has 3 saturated heterocycles. The van der Waals surface area contributed by atoms with E-state index in [0.717, 1.165) is 34.6 Å². The van der Waals surface area contributed by atoms with Crippen LogP contribution in [-0.4, -0.2) is 99.9 Å². The maximum atomic E-state index is 13.6. The molecule has 0 aromatic carbocycles. The van der Waals surface area contributed by atoms with Crippen LogP contribution in [0.4, 0.5) is 5.82 Å². The first-order valence-electron chi connectivity index (χ1n) is 14.3. The average Bonchev–Trinajstić information content (AvgIpc) is 3.74. The molecule has 4 aliphatic rings. The molecule has 2 bridgehead atoms. The molecule has 25 heteroatoms. The number of nitrogen functional groups attached to an aromatic ring is 1. The van der Waals surface area contributed by atoms with E-state index in [2.05, 4.69) is 24.9 Å². The number of aliphatic hydroxyl groups is 2. The Balaban J connectivity index is 0.00000208. The number of nitrogens with zero attached hydrogens (tertiary/aromatic N) is 7. The molecule has 4 aromatic rings. The van der Waals surface area contributed by atoms with Gasteiger partial charge in [0.2, 0.25) is 6.80 Å². The van der Waals surface area contributed by atoms with Gasteiger partial charge < -0.3 is 72.6 Å². The molecule has 252 valence electrons. The minimum atomic E-state index is -4.41. The van der Waals surface area contributed by atoms with Crippen molar-refractivity contribution in [3.63, 3.8) is 0 Å². The maximum absolute atomic E-state index is 13.6. The normalized spacial score (nSPS) is 36.5. The first-order valence-corrected chi connectivity index (χ1v) is 20.4. The molecule has 0 radical (unpaired) electrons. The number of fused-ring (bicyclic) bond motifs is 4. The van der Waals surface area contributed by atoms with Crippen LogP contribution in [0.2, 0.25) is 0 Å². The van der Waals surface area contributed by atoms with Gasteiger partial charge in [0, 0.05) is 6.20 Å². The van der Waals surface area contributed by atoms with E-state index in [-0.39, 0.29) is 76.1 Å². The van der Waals surface area contributed by atoms with Crippen molar-refractivity contribution in [1.82, 2.24) is 34.1 Å². The van der Waals surface area contributed by atoms with E-state index < -0.39 is 75.9 Å². The monoisotopic (exact) mass is 790 g/mol. The predicted octanol–water partition coefficient (Wildman–Crippen LogP) is -4.46. The number of aliphatic hydroxyl groups excluding tert-OH is 2. The van der Waals surface area contributed by atoms with Crippen molar-refractivity contribution in [3.05, 3.63) is 30.7 Å². The van der Waals surface area contributed by atoms with E-state index in [4.69, 9.17) is 57.8 Å². The van der Waals surface area contributed by atoms with Crippen LogP contribution in [0.25, 0.3) is 22.2 Å². The van der Waals surface area contributed by atoms with Crippen LogP contribution in [0.1, 0.15) is 24.4 Å². The van der Waals surface area contributed by atoms with Gasteiger partial charge >= 0.3 is 59.1 Å². The zero-order valence-corrected chi connectivity index (χ0v) is 34.2. The zero-order valence-electron chi connectivity index (χ0n) is 26.0. The van der Waals surface area contributed by atoms with E-state index in [0.29, 0.717) is 5.65 Å². The van der Waals surface area contributed by atoms with Crippen LogP contribution in [0, 0.1) is 0 Å². The van der Waals surface area contributed by atoms with Crippen LogP contribution < -0.4 is 64.8 Å². The molecule has 8 heterocycles. The number of aryl methyl sites for hydroxylation is 1. The number of hydrogen-bond acceptors (Lipinski definition) is 19. The third kappa shape index (κ3) is 7.35. The van der Waals surface area contributed by atoms with Gasteiger partial charge in [-0.05, 0) is 24.2 Å². The van der Waals surface area contributed by atoms with Gasteiger partial charge in [-0.2, -0.15) is 0 Å². The average molecular weight is 791 g/mol. The van der Waals surface area contributed by atoms with Gasteiger partial charge in [0.15, 0.2) is 30.7 Å². The van der Waals surface area contributed by atoms with Crippen molar-refractivity contribution < 1.29 is 106 Å². The number of anilines is 1. The number of hydrogen-bond donors (Lipinski definition) is 3. The molecule has 4 aliphatic heterocycles. The summed E-state index contributed by atoms with van der Waals surface area (Å²) in [6, 6.07) is 0. The van der Waals surface area contributed by atoms with Crippen LogP contribution in [0.15, 0.2) is 30.2 Å². The number of thioether (sulfide) groups is 1. The third-order valence-corrected chi connectivity index (χ3v) is 12.5. The number of aromatic nitrogens is 7. The molecule has 8 rings (SSSR count). The summed E-state index contributed by atoms with van der Waals surface area (Å²) in [6.07, 6.45) is -2.97. The van der Waals surface area contributed by atoms with Crippen LogP contribution in [0.3, 0.4) is 0 Å². The van der Waals surface area contributed by atoms with Gasteiger partial charge in [0.05, 0.1) is 24.9 Å². The Bertz CT molecular complexity index is 1970. The largest absolute Gasteiger partial charge is 1.00 e. The Morgan fingerprint density at radius 2 is 1.53 bits per heavy atom. The Kier molecular flexibility index (Phi) is 12.0. The summed E-state index contributed by atoms with van der Waals surface area (Å²) < 4.78 is 64.9. The van der Waals surface area contributed by atoms with Crippen molar-refractivity contribution in [1.29, 1.82) is 0 Å². The SMILES string of the molecule is Nc1ncnc2c1ncn2[C@@H]1O[C@@H]2COP(=O)([S-])O[C@H]3[C@@H](O)[C@H](n4cc5c6c(ncnc64)SCCC5)O[C@@H]3COP(=O)([S-])O[C@@H]1[C@@H]2O.[Na+].[Na+]. The second-order valence-corrected chi connectivity index (χ2v) is 17.7. The molecule has 0 aliphatic carbocycles. The maximum Gasteiger partial charge on any atom is 1.00 e. The minimum absolute atomic E-state index is 0. The van der Waals surface area contributed by atoms with Gasteiger partial charge in [-0.1, -0.05) is 0 Å². The molecule has 3 fully saturated rings. The molecule has 10 atom stereocenters. The van der Waals surface area contributed by atoms with E-state index in [9.17, 15) is 19.3 Å². The quantitative estimate of drug-likeness (QED) is 0.0753. The Morgan fingerprint density at radius 3 is 2.31 bits per heavy atom. The van der Waals surface area contributed by atoms with Crippen molar-refractivity contribution in [2.45, 2.75) is 66.9 Å². The number of nitrogens with two attached hydrogens (primary N) is 1. The summed E-state index contributed by atoms with van der Waals surface area (Å²) >= 11 is 12.0. The molecule has 4 aromatic heterocycles. The van der Waals surface area contributed by atoms with Crippen LogP contribution in [-0.2, 0) is 67.6 Å². The second kappa shape index (κ2) is 15.1. The fraction of sp³-hybridized carbons (Fsp3) is 0.542. The smallest absolute Gasteiger partial charge is 0.660 e. The molecule has 0 amide bonds. The van der Waals surface area contributed by atoms with Crippen molar-refractivity contribution in [3.8, 4) is 0 Å². The fourth-order valence-corrected chi connectivity index (χ4v) is 10.0. The third-order valence-electron chi connectivity index (χ3n) is 8.34. The number of ether oxygens (including phenoxy) is 2. The van der Waals surface area contributed by atoms with Gasteiger partial charge in [0.25, 0.3) is 0 Å². The summed E-state index contributed by atoms with van der Waals surface area (Å²) in [7, 11) is 0. The summed E-state index contributed by atoms with van der Waals surface area (Å²) in [5.74, 6) is 1.00. The first-order chi connectivity index (χ1) is 22.5.